The Hall–Kier alpha value is -1.14. The van der Waals surface area contributed by atoms with Crippen molar-refractivity contribution in [2.45, 2.75) is 129 Å². The van der Waals surface area contributed by atoms with E-state index in [0.29, 0.717) is 54.6 Å². The van der Waals surface area contributed by atoms with E-state index >= 15 is 0 Å². The van der Waals surface area contributed by atoms with Crippen LogP contribution in [0.1, 0.15) is 123 Å². The van der Waals surface area contributed by atoms with Crippen LogP contribution in [0.4, 0.5) is 0 Å². The smallest absolute Gasteiger partial charge is 0.312 e. The van der Waals surface area contributed by atoms with E-state index in [9.17, 15) is 9.59 Å². The zero-order valence-electron chi connectivity index (χ0n) is 28.1. The summed E-state index contributed by atoms with van der Waals surface area (Å²) in [6, 6.07) is 0. The number of carbonyl (C=O) groups excluding carboxylic acids is 2. The first-order valence-corrected chi connectivity index (χ1v) is 19.3. The normalized spacial score (nSPS) is 53.9. The second-order valence-corrected chi connectivity index (χ2v) is 19.0. The van der Waals surface area contributed by atoms with Gasteiger partial charge in [-0.05, 0) is 156 Å². The van der Waals surface area contributed by atoms with Crippen LogP contribution >= 0.6 is 0 Å². The first kappa shape index (κ1) is 30.0. The third-order valence-corrected chi connectivity index (χ3v) is 15.6. The number of rotatable bonds is 7. The van der Waals surface area contributed by atoms with Gasteiger partial charge in [-0.3, -0.25) is 9.59 Å². The number of fused-ring (bicyclic) bond motifs is 2. The van der Waals surface area contributed by atoms with Crippen molar-refractivity contribution in [2.24, 2.45) is 75.4 Å². The average molecular weight is 623 g/mol. The standard InChI is InChI=1S/C39H58O6/c1-3-37(15-27-4-24(2)5-28(7-27)16-37)34(40)42-20-36(21-43-35(41)38-17-29-8-30(18-38)10-31(9-29)19-38)22-44-39(45-23-36)32-11-25-6-26(13-32)14-33(39)12-25/h24-33H,3-23H2,1-2H3. The maximum absolute atomic E-state index is 14.1. The highest BCUT2D eigenvalue weighted by Crippen LogP contribution is 2.63. The Bertz CT molecular complexity index is 1100. The van der Waals surface area contributed by atoms with E-state index in [2.05, 4.69) is 13.8 Å². The molecule has 11 rings (SSSR count). The van der Waals surface area contributed by atoms with Gasteiger partial charge in [-0.25, -0.2) is 0 Å². The van der Waals surface area contributed by atoms with Crippen LogP contribution in [0.25, 0.3) is 0 Å². The molecule has 2 atom stereocenters. The minimum Gasteiger partial charge on any atom is -0.464 e. The zero-order chi connectivity index (χ0) is 30.6. The van der Waals surface area contributed by atoms with Gasteiger partial charge < -0.3 is 18.9 Å². The van der Waals surface area contributed by atoms with Crippen molar-refractivity contribution in [3.05, 3.63) is 0 Å². The molecule has 1 aliphatic heterocycles. The van der Waals surface area contributed by atoms with Crippen molar-refractivity contribution in [3.63, 3.8) is 0 Å². The highest BCUT2D eigenvalue weighted by molar-refractivity contribution is 5.78. The van der Waals surface area contributed by atoms with Gasteiger partial charge in [0.25, 0.3) is 0 Å². The summed E-state index contributed by atoms with van der Waals surface area (Å²) >= 11 is 0. The fourth-order valence-electron chi connectivity index (χ4n) is 14.3. The minimum absolute atomic E-state index is 0.00136. The van der Waals surface area contributed by atoms with Crippen LogP contribution in [0, 0.1) is 75.4 Å². The molecule has 10 saturated carbocycles. The molecule has 1 spiro atoms. The highest BCUT2D eigenvalue weighted by atomic mass is 16.7. The molecule has 10 aliphatic carbocycles. The van der Waals surface area contributed by atoms with Crippen LogP contribution in [-0.2, 0) is 28.5 Å². The Balaban J connectivity index is 0.923. The quantitative estimate of drug-likeness (QED) is 0.271. The fraction of sp³-hybridized carbons (Fsp3) is 0.949. The van der Waals surface area contributed by atoms with Gasteiger partial charge >= 0.3 is 11.9 Å². The number of carbonyl (C=O) groups is 2. The molecule has 0 aromatic rings. The van der Waals surface area contributed by atoms with E-state index in [1.54, 1.807) is 0 Å². The Kier molecular flexibility index (Phi) is 7.11. The average Bonchev–Trinajstić information content (AvgIpc) is 3.00. The molecule has 6 heteroatoms. The van der Waals surface area contributed by atoms with E-state index < -0.39 is 11.2 Å². The third kappa shape index (κ3) is 4.90. The lowest BCUT2D eigenvalue weighted by Crippen LogP contribution is -2.65. The number of hydrogen-bond acceptors (Lipinski definition) is 6. The second kappa shape index (κ2) is 10.7. The van der Waals surface area contributed by atoms with Crippen LogP contribution in [0.2, 0.25) is 0 Å². The van der Waals surface area contributed by atoms with Gasteiger partial charge in [0.05, 0.1) is 29.5 Å². The summed E-state index contributed by atoms with van der Waals surface area (Å²) in [7, 11) is 0. The van der Waals surface area contributed by atoms with Crippen molar-refractivity contribution in [1.29, 1.82) is 0 Å². The van der Waals surface area contributed by atoms with Crippen LogP contribution < -0.4 is 0 Å². The summed E-state index contributed by atoms with van der Waals surface area (Å²) in [4.78, 5) is 28.1. The summed E-state index contributed by atoms with van der Waals surface area (Å²) < 4.78 is 26.6. The third-order valence-electron chi connectivity index (χ3n) is 15.6. The van der Waals surface area contributed by atoms with Crippen molar-refractivity contribution in [1.82, 2.24) is 0 Å². The second-order valence-electron chi connectivity index (χ2n) is 19.0. The Morgan fingerprint density at radius 3 is 1.53 bits per heavy atom. The molecule has 1 saturated heterocycles. The molecule has 0 aromatic heterocycles. The van der Waals surface area contributed by atoms with Gasteiger partial charge in [0.15, 0.2) is 5.79 Å². The Morgan fingerprint density at radius 2 is 1.04 bits per heavy atom. The van der Waals surface area contributed by atoms with Gasteiger partial charge in [0.1, 0.15) is 13.2 Å². The monoisotopic (exact) mass is 622 g/mol. The van der Waals surface area contributed by atoms with E-state index in [1.807, 2.05) is 0 Å². The molecule has 0 N–H and O–H groups in total. The molecule has 45 heavy (non-hydrogen) atoms. The fourth-order valence-corrected chi connectivity index (χ4v) is 14.3. The Labute approximate surface area is 270 Å². The SMILES string of the molecule is CCC1(C(=O)OCC2(COC(=O)C34CC5CC(CC(C5)C3)C4)COC3(OC2)C2CC4CC(C2)CC3C4)CC2CC(C)CC(C2)C1. The van der Waals surface area contributed by atoms with Gasteiger partial charge in [0, 0.05) is 11.8 Å². The van der Waals surface area contributed by atoms with Gasteiger partial charge in [-0.15, -0.1) is 0 Å². The molecule has 0 radical (unpaired) electrons. The molecule has 1 heterocycles. The van der Waals surface area contributed by atoms with Crippen molar-refractivity contribution in [2.75, 3.05) is 26.4 Å². The predicted octanol–water partition coefficient (Wildman–Crippen LogP) is 7.72. The van der Waals surface area contributed by atoms with E-state index in [1.165, 1.54) is 70.6 Å². The van der Waals surface area contributed by atoms with Gasteiger partial charge in [-0.1, -0.05) is 13.8 Å². The lowest BCUT2D eigenvalue weighted by molar-refractivity contribution is -0.385. The van der Waals surface area contributed by atoms with Crippen molar-refractivity contribution >= 4 is 11.9 Å². The van der Waals surface area contributed by atoms with Crippen LogP contribution in [0.15, 0.2) is 0 Å². The summed E-state index contributed by atoms with van der Waals surface area (Å²) in [6.45, 7) is 5.88. The van der Waals surface area contributed by atoms with Crippen molar-refractivity contribution in [3.8, 4) is 0 Å². The molecular weight excluding hydrogens is 564 g/mol. The molecule has 11 fully saturated rings. The molecule has 0 aromatic carbocycles. The lowest BCUT2D eigenvalue weighted by Gasteiger charge is -2.62. The zero-order valence-corrected chi connectivity index (χ0v) is 28.1. The molecule has 11 aliphatic rings. The topological polar surface area (TPSA) is 71.1 Å². The minimum atomic E-state index is -0.651. The van der Waals surface area contributed by atoms with Crippen LogP contribution in [0.5, 0.6) is 0 Å². The largest absolute Gasteiger partial charge is 0.464 e. The van der Waals surface area contributed by atoms with E-state index in [-0.39, 0.29) is 36.0 Å². The first-order chi connectivity index (χ1) is 21.7. The highest BCUT2D eigenvalue weighted by Gasteiger charge is 2.63. The summed E-state index contributed by atoms with van der Waals surface area (Å²) in [5, 5.41) is 0. The molecular formula is C39H58O6. The lowest BCUT2D eigenvalue weighted by atomic mass is 9.49. The Morgan fingerprint density at radius 1 is 0.600 bits per heavy atom. The van der Waals surface area contributed by atoms with E-state index in [4.69, 9.17) is 18.9 Å². The van der Waals surface area contributed by atoms with Crippen LogP contribution in [0.3, 0.4) is 0 Å². The van der Waals surface area contributed by atoms with Gasteiger partial charge in [0.2, 0.25) is 0 Å². The van der Waals surface area contributed by atoms with Crippen LogP contribution in [-0.4, -0.2) is 44.2 Å². The number of hydrogen-bond donors (Lipinski definition) is 0. The molecule has 250 valence electrons. The molecule has 2 unspecified atom stereocenters. The summed E-state index contributed by atoms with van der Waals surface area (Å²) in [6.07, 6.45) is 19.7. The predicted molar refractivity (Wildman–Crippen MR) is 169 cm³/mol. The number of esters is 2. The molecule has 10 bridgehead atoms. The maximum Gasteiger partial charge on any atom is 0.312 e. The molecule has 6 nitrogen and oxygen atoms in total. The van der Waals surface area contributed by atoms with E-state index in [0.717, 1.165) is 56.3 Å². The summed E-state index contributed by atoms with van der Waals surface area (Å²) in [5.41, 5.74) is -1.33. The number of ether oxygens (including phenoxy) is 4. The molecule has 0 amide bonds. The first-order valence-electron chi connectivity index (χ1n) is 19.3. The van der Waals surface area contributed by atoms with Crippen molar-refractivity contribution < 1.29 is 28.5 Å². The van der Waals surface area contributed by atoms with Gasteiger partial charge in [-0.2, -0.15) is 0 Å². The maximum atomic E-state index is 14.1. The summed E-state index contributed by atoms with van der Waals surface area (Å²) in [5.74, 6) is 6.20.